The summed E-state index contributed by atoms with van der Waals surface area (Å²) in [4.78, 5) is 3.54. The molecule has 1 N–H and O–H groups in total. The molecule has 0 spiro atoms. The van der Waals surface area contributed by atoms with Crippen LogP contribution in [0.1, 0.15) is 17.5 Å². The van der Waals surface area contributed by atoms with Crippen LogP contribution in [0, 0.1) is 24.7 Å². The molecule has 1 rings (SSSR count). The highest BCUT2D eigenvalue weighted by molar-refractivity contribution is 5.39. The van der Waals surface area contributed by atoms with Crippen LogP contribution in [0.5, 0.6) is 0 Å². The van der Waals surface area contributed by atoms with E-state index in [9.17, 15) is 4.39 Å². The van der Waals surface area contributed by atoms with E-state index in [0.717, 1.165) is 13.0 Å². The van der Waals surface area contributed by atoms with E-state index in [-0.39, 0.29) is 0 Å². The molecule has 0 aromatic carbocycles. The number of nitrogens with one attached hydrogen (secondary N) is 1. The van der Waals surface area contributed by atoms with Crippen LogP contribution in [0.3, 0.4) is 0 Å². The number of hydrogen-bond donors (Lipinski definition) is 1. The molecule has 1 heterocycles. The fourth-order valence-electron chi connectivity index (χ4n) is 0.991. The number of nitrogens with zero attached hydrogens (tertiary/aromatic N) is 1. The van der Waals surface area contributed by atoms with Gasteiger partial charge in [-0.05, 0) is 20.0 Å². The maximum absolute atomic E-state index is 13.0. The van der Waals surface area contributed by atoms with Gasteiger partial charge in [0.1, 0.15) is 0 Å². The van der Waals surface area contributed by atoms with E-state index in [1.807, 2.05) is 7.05 Å². The van der Waals surface area contributed by atoms with Gasteiger partial charge in [0.05, 0.1) is 0 Å². The number of rotatable bonds is 2. The van der Waals surface area contributed by atoms with Gasteiger partial charge in [0.25, 0.3) is 0 Å². The zero-order valence-corrected chi connectivity index (χ0v) is 8.39. The highest BCUT2D eigenvalue weighted by Crippen LogP contribution is 2.07. The normalized spacial score (nSPS) is 9.36. The van der Waals surface area contributed by atoms with Crippen LogP contribution in [0.25, 0.3) is 0 Å². The molecule has 14 heavy (non-hydrogen) atoms. The lowest BCUT2D eigenvalue weighted by atomic mass is 10.1. The molecular weight excluding hydrogens is 179 g/mol. The van der Waals surface area contributed by atoms with Crippen molar-refractivity contribution in [2.24, 2.45) is 0 Å². The van der Waals surface area contributed by atoms with E-state index in [4.69, 9.17) is 0 Å². The summed E-state index contributed by atoms with van der Waals surface area (Å²) in [6, 6.07) is 1.73. The molecule has 1 aromatic rings. The smallest absolute Gasteiger partial charge is 0.216 e. The fourth-order valence-corrected chi connectivity index (χ4v) is 0.991. The summed E-state index contributed by atoms with van der Waals surface area (Å²) < 4.78 is 13.0. The molecular formula is C11H13FN2. The summed E-state index contributed by atoms with van der Waals surface area (Å²) in [5, 5.41) is 2.99. The van der Waals surface area contributed by atoms with Gasteiger partial charge < -0.3 is 5.32 Å². The van der Waals surface area contributed by atoms with Crippen LogP contribution in [0.15, 0.2) is 12.3 Å². The number of halogens is 1. The Morgan fingerprint density at radius 2 is 2.36 bits per heavy atom. The third kappa shape index (κ3) is 2.82. The minimum atomic E-state index is -0.439. The first kappa shape index (κ1) is 10.7. The molecule has 0 fully saturated rings. The molecule has 0 radical (unpaired) electrons. The Bertz CT molecular complexity index is 363. The van der Waals surface area contributed by atoms with Crippen molar-refractivity contribution in [1.82, 2.24) is 10.3 Å². The Balaban J connectivity index is 2.74. The third-order valence-electron chi connectivity index (χ3n) is 1.87. The minimum absolute atomic E-state index is 0.439. The maximum Gasteiger partial charge on any atom is 0.216 e. The summed E-state index contributed by atoms with van der Waals surface area (Å²) in [6.07, 6.45) is 2.20. The van der Waals surface area contributed by atoms with Gasteiger partial charge in [-0.15, -0.1) is 0 Å². The molecule has 1 aromatic heterocycles. The lowest BCUT2D eigenvalue weighted by Crippen LogP contribution is -2.05. The van der Waals surface area contributed by atoms with Gasteiger partial charge in [-0.25, -0.2) is 4.98 Å². The van der Waals surface area contributed by atoms with Crippen molar-refractivity contribution in [3.05, 3.63) is 29.3 Å². The number of aromatic nitrogens is 1. The maximum atomic E-state index is 13.0. The Hall–Kier alpha value is -1.40. The van der Waals surface area contributed by atoms with Crippen molar-refractivity contribution < 1.29 is 4.39 Å². The predicted octanol–water partition coefficient (Wildman–Crippen LogP) is 1.49. The van der Waals surface area contributed by atoms with Gasteiger partial charge in [0.2, 0.25) is 5.95 Å². The Morgan fingerprint density at radius 3 is 3.07 bits per heavy atom. The van der Waals surface area contributed by atoms with E-state index in [2.05, 4.69) is 22.1 Å². The Kier molecular flexibility index (Phi) is 4.09. The standard InChI is InChI=1S/C11H13FN2/c1-9-10(5-3-4-7-13-2)6-8-14-11(9)12/h6,8,13H,4,7H2,1-2H3. The molecule has 0 atom stereocenters. The summed E-state index contributed by atoms with van der Waals surface area (Å²) >= 11 is 0. The van der Waals surface area contributed by atoms with Gasteiger partial charge in [-0.3, -0.25) is 0 Å². The van der Waals surface area contributed by atoms with Crippen molar-refractivity contribution in [2.45, 2.75) is 13.3 Å². The van der Waals surface area contributed by atoms with Gasteiger partial charge in [-0.1, -0.05) is 11.8 Å². The van der Waals surface area contributed by atoms with E-state index in [1.165, 1.54) is 6.20 Å². The van der Waals surface area contributed by atoms with Crippen LogP contribution < -0.4 is 5.32 Å². The topological polar surface area (TPSA) is 24.9 Å². The highest BCUT2D eigenvalue weighted by atomic mass is 19.1. The first-order valence-electron chi connectivity index (χ1n) is 4.50. The van der Waals surface area contributed by atoms with Gasteiger partial charge in [0.15, 0.2) is 0 Å². The molecule has 0 saturated carbocycles. The monoisotopic (exact) mass is 192 g/mol. The molecule has 0 amide bonds. The second kappa shape index (κ2) is 5.36. The summed E-state index contributed by atoms with van der Waals surface area (Å²) in [5.41, 5.74) is 1.23. The van der Waals surface area contributed by atoms with Crippen LogP contribution in [-0.4, -0.2) is 18.6 Å². The molecule has 0 aliphatic heterocycles. The number of hydrogen-bond acceptors (Lipinski definition) is 2. The first-order chi connectivity index (χ1) is 6.75. The van der Waals surface area contributed by atoms with E-state index < -0.39 is 5.95 Å². The van der Waals surface area contributed by atoms with E-state index in [1.54, 1.807) is 13.0 Å². The largest absolute Gasteiger partial charge is 0.319 e. The van der Waals surface area contributed by atoms with Crippen LogP contribution in [-0.2, 0) is 0 Å². The molecule has 3 heteroatoms. The van der Waals surface area contributed by atoms with Crippen molar-refractivity contribution in [2.75, 3.05) is 13.6 Å². The van der Waals surface area contributed by atoms with Crippen LogP contribution in [0.2, 0.25) is 0 Å². The molecule has 0 unspecified atom stereocenters. The number of pyridine rings is 1. The second-order valence-corrected chi connectivity index (χ2v) is 2.93. The van der Waals surface area contributed by atoms with Gasteiger partial charge in [0, 0.05) is 30.3 Å². The zero-order valence-electron chi connectivity index (χ0n) is 8.39. The van der Waals surface area contributed by atoms with Crippen molar-refractivity contribution >= 4 is 0 Å². The molecule has 0 bridgehead atoms. The van der Waals surface area contributed by atoms with Crippen molar-refractivity contribution in [3.8, 4) is 11.8 Å². The molecule has 0 aliphatic carbocycles. The molecule has 74 valence electrons. The van der Waals surface area contributed by atoms with Gasteiger partial charge in [-0.2, -0.15) is 4.39 Å². The highest BCUT2D eigenvalue weighted by Gasteiger charge is 2.00. The molecule has 0 aliphatic rings. The Morgan fingerprint density at radius 1 is 1.57 bits per heavy atom. The lowest BCUT2D eigenvalue weighted by Gasteiger charge is -1.97. The van der Waals surface area contributed by atoms with Crippen LogP contribution >= 0.6 is 0 Å². The summed E-state index contributed by atoms with van der Waals surface area (Å²) in [7, 11) is 1.87. The SMILES string of the molecule is CNCCC#Cc1ccnc(F)c1C. The quantitative estimate of drug-likeness (QED) is 0.436. The summed E-state index contributed by atoms with van der Waals surface area (Å²) in [6.45, 7) is 2.53. The van der Waals surface area contributed by atoms with E-state index >= 15 is 0 Å². The van der Waals surface area contributed by atoms with Gasteiger partial charge >= 0.3 is 0 Å². The van der Waals surface area contributed by atoms with Crippen molar-refractivity contribution in [3.63, 3.8) is 0 Å². The Labute approximate surface area is 83.6 Å². The average Bonchev–Trinajstić information content (AvgIpc) is 2.19. The molecule has 0 saturated heterocycles. The van der Waals surface area contributed by atoms with Crippen LogP contribution in [0.4, 0.5) is 4.39 Å². The second-order valence-electron chi connectivity index (χ2n) is 2.93. The lowest BCUT2D eigenvalue weighted by molar-refractivity contribution is 0.574. The minimum Gasteiger partial charge on any atom is -0.319 e. The third-order valence-corrected chi connectivity index (χ3v) is 1.87. The summed E-state index contributed by atoms with van der Waals surface area (Å²) in [5.74, 6) is 5.44. The van der Waals surface area contributed by atoms with Crippen molar-refractivity contribution in [1.29, 1.82) is 0 Å². The van der Waals surface area contributed by atoms with E-state index in [0.29, 0.717) is 11.1 Å². The zero-order chi connectivity index (χ0) is 10.4. The first-order valence-corrected chi connectivity index (χ1v) is 4.50. The predicted molar refractivity (Wildman–Crippen MR) is 54.4 cm³/mol. The fraction of sp³-hybridized carbons (Fsp3) is 0.364. The average molecular weight is 192 g/mol. The molecule has 2 nitrogen and oxygen atoms in total.